The number of hydrogen-bond acceptors (Lipinski definition) is 4. The second-order valence-electron chi connectivity index (χ2n) is 7.28. The van der Waals surface area contributed by atoms with Gasteiger partial charge in [-0.2, -0.15) is 0 Å². The van der Waals surface area contributed by atoms with Crippen molar-refractivity contribution >= 4 is 58.1 Å². The fourth-order valence-corrected chi connectivity index (χ4v) is 3.52. The van der Waals surface area contributed by atoms with Gasteiger partial charge in [0.25, 0.3) is 5.91 Å². The molecule has 3 aromatic carbocycles. The summed E-state index contributed by atoms with van der Waals surface area (Å²) in [5.41, 5.74) is 3.22. The zero-order valence-electron chi connectivity index (χ0n) is 18.3. The highest BCUT2D eigenvalue weighted by molar-refractivity contribution is 6.42. The van der Waals surface area contributed by atoms with Gasteiger partial charge in [0.2, 0.25) is 0 Å². The van der Waals surface area contributed by atoms with Crippen LogP contribution in [0, 0.1) is 0 Å². The van der Waals surface area contributed by atoms with Crippen molar-refractivity contribution in [3.63, 3.8) is 0 Å². The van der Waals surface area contributed by atoms with Gasteiger partial charge in [-0.1, -0.05) is 83.6 Å². The summed E-state index contributed by atoms with van der Waals surface area (Å²) in [6.07, 6.45) is 1.62. The number of hydrogen-bond donors (Lipinski definition) is 2. The number of amides is 3. The number of imide groups is 1. The lowest BCUT2D eigenvalue weighted by Crippen LogP contribution is -2.34. The molecule has 3 rings (SSSR count). The van der Waals surface area contributed by atoms with Gasteiger partial charge < -0.3 is 10.2 Å². The molecule has 2 N–H and O–H groups in total. The Balaban J connectivity index is 1.55. The lowest BCUT2D eigenvalue weighted by molar-refractivity contribution is 0.0967. The van der Waals surface area contributed by atoms with Crippen LogP contribution in [0.25, 0.3) is 0 Å². The summed E-state index contributed by atoms with van der Waals surface area (Å²) < 4.78 is 0. The molecule has 0 fully saturated rings. The van der Waals surface area contributed by atoms with E-state index < -0.39 is 11.9 Å². The fraction of sp³-hybridized carbons (Fsp3) is 0.160. The highest BCUT2D eigenvalue weighted by atomic mass is 35.5. The van der Waals surface area contributed by atoms with Crippen molar-refractivity contribution in [2.45, 2.75) is 26.4 Å². The summed E-state index contributed by atoms with van der Waals surface area (Å²) in [6.45, 7) is 2.29. The molecule has 3 aromatic rings. The largest absolute Gasteiger partial charge is 0.391 e. The van der Waals surface area contributed by atoms with E-state index in [1.54, 1.807) is 54.6 Å². The van der Waals surface area contributed by atoms with Gasteiger partial charge in [-0.25, -0.2) is 4.79 Å². The Morgan fingerprint density at radius 1 is 0.912 bits per heavy atom. The molecule has 0 spiro atoms. The van der Waals surface area contributed by atoms with Crippen molar-refractivity contribution in [1.82, 2.24) is 5.32 Å². The zero-order valence-corrected chi connectivity index (χ0v) is 20.5. The van der Waals surface area contributed by atoms with Crippen LogP contribution in [0.3, 0.4) is 0 Å². The van der Waals surface area contributed by atoms with Crippen LogP contribution in [0.5, 0.6) is 0 Å². The summed E-state index contributed by atoms with van der Waals surface area (Å²) in [5.74, 6) is -0.587. The third kappa shape index (κ3) is 7.22. The molecule has 0 atom stereocenters. The maximum atomic E-state index is 12.2. The van der Waals surface area contributed by atoms with Gasteiger partial charge in [-0.05, 0) is 48.4 Å². The lowest BCUT2D eigenvalue weighted by atomic mass is 10.1. The Kier molecular flexibility index (Phi) is 9.33. The Labute approximate surface area is 212 Å². The van der Waals surface area contributed by atoms with Gasteiger partial charge in [0.05, 0.1) is 26.3 Å². The highest BCUT2D eigenvalue weighted by Gasteiger charge is 2.13. The first-order chi connectivity index (χ1) is 16.4. The number of benzene rings is 3. The summed E-state index contributed by atoms with van der Waals surface area (Å²) >= 11 is 18.1. The van der Waals surface area contributed by atoms with Crippen LogP contribution in [0.15, 0.2) is 71.9 Å². The van der Waals surface area contributed by atoms with E-state index in [9.17, 15) is 9.59 Å². The molecule has 0 unspecified atom stereocenters. The van der Waals surface area contributed by atoms with Crippen LogP contribution in [0.2, 0.25) is 15.1 Å². The molecule has 9 heteroatoms. The Morgan fingerprint density at radius 2 is 1.65 bits per heavy atom. The van der Waals surface area contributed by atoms with Gasteiger partial charge in [0, 0.05) is 11.3 Å². The Morgan fingerprint density at radius 3 is 2.32 bits per heavy atom. The first-order valence-electron chi connectivity index (χ1n) is 10.5. The van der Waals surface area contributed by atoms with Crippen molar-refractivity contribution in [1.29, 1.82) is 0 Å². The number of oxime groups is 1. The van der Waals surface area contributed by atoms with Crippen molar-refractivity contribution < 1.29 is 14.4 Å². The van der Waals surface area contributed by atoms with Crippen molar-refractivity contribution in [2.24, 2.45) is 5.16 Å². The molecule has 0 radical (unpaired) electrons. The van der Waals surface area contributed by atoms with Crippen molar-refractivity contribution in [2.75, 3.05) is 5.32 Å². The first kappa shape index (κ1) is 25.6. The summed E-state index contributed by atoms with van der Waals surface area (Å²) in [5, 5.41) is 10.3. The number of carbonyl (C=O) groups excluding carboxylic acids is 2. The molecule has 0 heterocycles. The van der Waals surface area contributed by atoms with E-state index >= 15 is 0 Å². The van der Waals surface area contributed by atoms with Crippen LogP contribution < -0.4 is 10.6 Å². The van der Waals surface area contributed by atoms with Crippen molar-refractivity contribution in [3.05, 3.63) is 98.5 Å². The monoisotopic (exact) mass is 517 g/mol. The quantitative estimate of drug-likeness (QED) is 0.242. The maximum Gasteiger partial charge on any atom is 0.326 e. The van der Waals surface area contributed by atoms with E-state index in [0.717, 1.165) is 29.7 Å². The maximum absolute atomic E-state index is 12.2. The van der Waals surface area contributed by atoms with Crippen molar-refractivity contribution in [3.8, 4) is 0 Å². The van der Waals surface area contributed by atoms with Crippen LogP contribution in [-0.4, -0.2) is 17.6 Å². The average Bonchev–Trinajstić information content (AvgIpc) is 2.81. The molecule has 3 amide bonds. The zero-order chi connectivity index (χ0) is 24.5. The third-order valence-electron chi connectivity index (χ3n) is 4.70. The lowest BCUT2D eigenvalue weighted by Gasteiger charge is -2.09. The van der Waals surface area contributed by atoms with E-state index in [4.69, 9.17) is 39.6 Å². The number of halogens is 3. The average molecular weight is 519 g/mol. The van der Waals surface area contributed by atoms with Gasteiger partial charge in [-0.3, -0.25) is 10.1 Å². The number of nitrogens with zero attached hydrogens (tertiary/aromatic N) is 1. The molecule has 6 nitrogen and oxygen atoms in total. The van der Waals surface area contributed by atoms with E-state index in [1.165, 1.54) is 6.07 Å². The molecule has 0 bridgehead atoms. The van der Waals surface area contributed by atoms with Gasteiger partial charge in [-0.15, -0.1) is 0 Å². The third-order valence-corrected chi connectivity index (χ3v) is 5.77. The summed E-state index contributed by atoms with van der Waals surface area (Å²) in [7, 11) is 0. The normalized spacial score (nSPS) is 11.1. The van der Waals surface area contributed by atoms with Crippen LogP contribution in [-0.2, 0) is 11.4 Å². The highest BCUT2D eigenvalue weighted by Crippen LogP contribution is 2.24. The second kappa shape index (κ2) is 12.4. The van der Waals surface area contributed by atoms with Gasteiger partial charge >= 0.3 is 6.03 Å². The van der Waals surface area contributed by atoms with E-state index in [1.807, 2.05) is 6.07 Å². The minimum absolute atomic E-state index is 0.218. The number of carbonyl (C=O) groups is 2. The first-order valence-corrected chi connectivity index (χ1v) is 11.6. The van der Waals surface area contributed by atoms with Crippen LogP contribution >= 0.6 is 34.8 Å². The standard InChI is InChI=1S/C25H22Cl3N3O3/c1-2-5-23(17-10-13-21(27)22(28)14-17)31-34-15-16-8-11-18(12-9-16)29-25(33)30-24(32)19-6-3-4-7-20(19)26/h3-4,6-14H,2,5,15H2,1H3,(H2,29,30,32,33). The topological polar surface area (TPSA) is 79.8 Å². The minimum atomic E-state index is -0.663. The predicted octanol–water partition coefficient (Wildman–Crippen LogP) is 7.33. The van der Waals surface area contributed by atoms with E-state index in [-0.39, 0.29) is 17.2 Å². The molecule has 0 saturated carbocycles. The Bertz CT molecular complexity index is 1200. The summed E-state index contributed by atoms with van der Waals surface area (Å²) in [6, 6.07) is 18.2. The Hall–Kier alpha value is -3.06. The molecule has 0 saturated heterocycles. The molecule has 34 heavy (non-hydrogen) atoms. The SMILES string of the molecule is CCCC(=NOCc1ccc(NC(=O)NC(=O)c2ccccc2Cl)cc1)c1ccc(Cl)c(Cl)c1. The van der Waals surface area contributed by atoms with Crippen LogP contribution in [0.4, 0.5) is 10.5 Å². The minimum Gasteiger partial charge on any atom is -0.391 e. The number of nitrogens with one attached hydrogen (secondary N) is 2. The molecule has 0 aromatic heterocycles. The fourth-order valence-electron chi connectivity index (χ4n) is 3.00. The summed E-state index contributed by atoms with van der Waals surface area (Å²) in [4.78, 5) is 29.9. The molecule has 0 aliphatic rings. The van der Waals surface area contributed by atoms with Gasteiger partial charge in [0.15, 0.2) is 0 Å². The second-order valence-corrected chi connectivity index (χ2v) is 8.50. The number of rotatable bonds is 8. The van der Waals surface area contributed by atoms with Gasteiger partial charge in [0.1, 0.15) is 6.61 Å². The molecule has 0 aliphatic heterocycles. The van der Waals surface area contributed by atoms with E-state index in [0.29, 0.717) is 15.7 Å². The smallest absolute Gasteiger partial charge is 0.326 e. The molecular weight excluding hydrogens is 497 g/mol. The predicted molar refractivity (Wildman–Crippen MR) is 137 cm³/mol. The van der Waals surface area contributed by atoms with Crippen LogP contribution in [0.1, 0.15) is 41.3 Å². The molecular formula is C25H22Cl3N3O3. The molecule has 0 aliphatic carbocycles. The van der Waals surface area contributed by atoms with E-state index in [2.05, 4.69) is 22.7 Å². The number of anilines is 1. The number of urea groups is 1. The molecule has 176 valence electrons.